The minimum Gasteiger partial charge on any atom is -0.460 e. The fourth-order valence-corrected chi connectivity index (χ4v) is 3.05. The summed E-state index contributed by atoms with van der Waals surface area (Å²) in [6.07, 6.45) is 1.76. The minimum atomic E-state index is -0.384. The summed E-state index contributed by atoms with van der Waals surface area (Å²) in [5.41, 5.74) is 1.12. The first-order valence-corrected chi connectivity index (χ1v) is 12.1. The molecule has 2 aliphatic rings. The van der Waals surface area contributed by atoms with Crippen LogP contribution in [-0.4, -0.2) is 34.5 Å². The van der Waals surface area contributed by atoms with Crippen molar-refractivity contribution in [3.63, 3.8) is 0 Å². The summed E-state index contributed by atoms with van der Waals surface area (Å²) in [4.78, 5) is 35.0. The van der Waals surface area contributed by atoms with Crippen LogP contribution in [0.3, 0.4) is 0 Å². The zero-order valence-corrected chi connectivity index (χ0v) is 22.2. The molecule has 0 aromatic heterocycles. The molecule has 1 aliphatic heterocycles. The fraction of sp³-hybridized carbons (Fsp3) is 0.667. The molecule has 1 heterocycles. The average Bonchev–Trinajstić information content (AvgIpc) is 3.44. The van der Waals surface area contributed by atoms with Crippen molar-refractivity contribution in [1.82, 2.24) is 4.90 Å². The fourth-order valence-electron chi connectivity index (χ4n) is 3.05. The quantitative estimate of drug-likeness (QED) is 0.474. The van der Waals surface area contributed by atoms with Gasteiger partial charge in [0.2, 0.25) is 0 Å². The van der Waals surface area contributed by atoms with Gasteiger partial charge in [-0.25, -0.2) is 9.18 Å². The van der Waals surface area contributed by atoms with Crippen LogP contribution in [0.5, 0.6) is 0 Å². The van der Waals surface area contributed by atoms with Crippen molar-refractivity contribution in [2.45, 2.75) is 99.9 Å². The SMILES string of the molecule is CC(C)C(=O)C1CC1.CC(C)C(=O)OC(C)(C)C.CC(C)OC(=O)N1Cc2cccc(F)c2C1. The van der Waals surface area contributed by atoms with E-state index in [4.69, 9.17) is 9.47 Å². The Labute approximate surface area is 204 Å². The molecule has 1 aliphatic carbocycles. The van der Waals surface area contributed by atoms with E-state index >= 15 is 0 Å². The summed E-state index contributed by atoms with van der Waals surface area (Å²) in [6.45, 7) is 17.5. The van der Waals surface area contributed by atoms with Gasteiger partial charge >= 0.3 is 12.1 Å². The van der Waals surface area contributed by atoms with E-state index in [9.17, 15) is 18.8 Å². The van der Waals surface area contributed by atoms with Gasteiger partial charge in [0.15, 0.2) is 0 Å². The third-order valence-corrected chi connectivity index (χ3v) is 4.95. The highest BCUT2D eigenvalue weighted by Crippen LogP contribution is 2.32. The summed E-state index contributed by atoms with van der Waals surface area (Å²) in [5, 5.41) is 0. The second-order valence-corrected chi connectivity index (χ2v) is 10.7. The van der Waals surface area contributed by atoms with Crippen LogP contribution in [0, 0.1) is 23.6 Å². The summed E-state index contributed by atoms with van der Waals surface area (Å²) >= 11 is 0. The van der Waals surface area contributed by atoms with Gasteiger partial charge in [0, 0.05) is 23.9 Å². The molecular formula is C27H42FNO5. The van der Waals surface area contributed by atoms with E-state index in [1.54, 1.807) is 19.9 Å². The van der Waals surface area contributed by atoms with Crippen molar-refractivity contribution in [3.05, 3.63) is 35.1 Å². The zero-order valence-electron chi connectivity index (χ0n) is 22.2. The van der Waals surface area contributed by atoms with E-state index in [0.29, 0.717) is 30.4 Å². The van der Waals surface area contributed by atoms with E-state index in [2.05, 4.69) is 0 Å². The third kappa shape index (κ3) is 10.7. The highest BCUT2D eigenvalue weighted by Gasteiger charge is 2.30. The highest BCUT2D eigenvalue weighted by atomic mass is 19.1. The molecule has 1 amide bonds. The average molecular weight is 480 g/mol. The van der Waals surface area contributed by atoms with Crippen molar-refractivity contribution in [2.75, 3.05) is 0 Å². The molecule has 7 heteroatoms. The largest absolute Gasteiger partial charge is 0.460 e. The number of halogens is 1. The molecule has 0 atom stereocenters. The number of rotatable bonds is 4. The van der Waals surface area contributed by atoms with Crippen LogP contribution in [0.25, 0.3) is 0 Å². The van der Waals surface area contributed by atoms with Gasteiger partial charge in [0.1, 0.15) is 17.2 Å². The molecule has 34 heavy (non-hydrogen) atoms. The molecule has 0 bridgehead atoms. The monoisotopic (exact) mass is 479 g/mol. The number of hydrogen-bond donors (Lipinski definition) is 0. The van der Waals surface area contributed by atoms with Crippen molar-refractivity contribution in [2.24, 2.45) is 17.8 Å². The van der Waals surface area contributed by atoms with Crippen molar-refractivity contribution in [1.29, 1.82) is 0 Å². The lowest BCUT2D eigenvalue weighted by atomic mass is 10.1. The molecule has 0 N–H and O–H groups in total. The normalized spacial score (nSPS) is 14.7. The molecule has 0 spiro atoms. The predicted molar refractivity (Wildman–Crippen MR) is 131 cm³/mol. The zero-order chi connectivity index (χ0) is 26.2. The Morgan fingerprint density at radius 3 is 1.91 bits per heavy atom. The molecule has 1 saturated carbocycles. The molecular weight excluding hydrogens is 437 g/mol. The molecule has 0 saturated heterocycles. The van der Waals surface area contributed by atoms with Crippen LogP contribution < -0.4 is 0 Å². The van der Waals surface area contributed by atoms with E-state index in [1.165, 1.54) is 11.0 Å². The Bertz CT molecular complexity index is 834. The highest BCUT2D eigenvalue weighted by molar-refractivity contribution is 5.84. The number of amides is 1. The van der Waals surface area contributed by atoms with Crippen molar-refractivity contribution >= 4 is 17.8 Å². The summed E-state index contributed by atoms with van der Waals surface area (Å²) in [7, 11) is 0. The lowest BCUT2D eigenvalue weighted by Gasteiger charge is -2.20. The summed E-state index contributed by atoms with van der Waals surface area (Å²) in [5.74, 6) is 0.770. The predicted octanol–water partition coefficient (Wildman–Crippen LogP) is 6.29. The van der Waals surface area contributed by atoms with E-state index in [0.717, 1.165) is 18.4 Å². The number of esters is 1. The number of Topliss-reactive ketones (excluding diaryl/α,β-unsaturated/α-hetero) is 1. The molecule has 0 radical (unpaired) electrons. The Kier molecular flexibility index (Phi) is 11.2. The van der Waals surface area contributed by atoms with Crippen LogP contribution >= 0.6 is 0 Å². The Morgan fingerprint density at radius 1 is 0.971 bits per heavy atom. The second-order valence-electron chi connectivity index (χ2n) is 10.7. The van der Waals surface area contributed by atoms with Gasteiger partial charge in [-0.05, 0) is 59.1 Å². The summed E-state index contributed by atoms with van der Waals surface area (Å²) in [6, 6.07) is 4.91. The van der Waals surface area contributed by atoms with Crippen molar-refractivity contribution < 1.29 is 28.2 Å². The van der Waals surface area contributed by atoms with E-state index < -0.39 is 0 Å². The number of nitrogens with zero attached hydrogens (tertiary/aromatic N) is 1. The maximum absolute atomic E-state index is 13.4. The van der Waals surface area contributed by atoms with Crippen LogP contribution in [0.2, 0.25) is 0 Å². The van der Waals surface area contributed by atoms with Gasteiger partial charge < -0.3 is 9.47 Å². The van der Waals surface area contributed by atoms with Gasteiger partial charge in [-0.3, -0.25) is 14.5 Å². The van der Waals surface area contributed by atoms with E-state index in [-0.39, 0.29) is 41.4 Å². The first-order chi connectivity index (χ1) is 15.6. The van der Waals surface area contributed by atoms with Gasteiger partial charge in [0.25, 0.3) is 0 Å². The van der Waals surface area contributed by atoms with Gasteiger partial charge in [-0.2, -0.15) is 0 Å². The molecule has 6 nitrogen and oxygen atoms in total. The number of ketones is 1. The number of fused-ring (bicyclic) bond motifs is 1. The molecule has 1 aromatic carbocycles. The lowest BCUT2D eigenvalue weighted by Crippen LogP contribution is -2.28. The maximum Gasteiger partial charge on any atom is 0.410 e. The Balaban J connectivity index is 0.000000277. The lowest BCUT2D eigenvalue weighted by molar-refractivity contribution is -0.158. The molecule has 192 valence electrons. The number of benzene rings is 1. The molecule has 0 unspecified atom stereocenters. The Hall–Kier alpha value is -2.44. The number of hydrogen-bond acceptors (Lipinski definition) is 5. The van der Waals surface area contributed by atoms with Gasteiger partial charge in [0.05, 0.1) is 18.6 Å². The van der Waals surface area contributed by atoms with Crippen LogP contribution in [0.1, 0.15) is 86.3 Å². The van der Waals surface area contributed by atoms with Gasteiger partial charge in [-0.15, -0.1) is 0 Å². The maximum atomic E-state index is 13.4. The number of carbonyl (C=O) groups excluding carboxylic acids is 3. The summed E-state index contributed by atoms with van der Waals surface area (Å²) < 4.78 is 23.5. The smallest absolute Gasteiger partial charge is 0.410 e. The van der Waals surface area contributed by atoms with Crippen LogP contribution in [0.4, 0.5) is 9.18 Å². The molecule has 1 fully saturated rings. The number of ether oxygens (including phenoxy) is 2. The second kappa shape index (κ2) is 12.9. The Morgan fingerprint density at radius 2 is 1.56 bits per heavy atom. The van der Waals surface area contributed by atoms with Crippen LogP contribution in [0.15, 0.2) is 18.2 Å². The van der Waals surface area contributed by atoms with Gasteiger partial charge in [-0.1, -0.05) is 39.8 Å². The van der Waals surface area contributed by atoms with E-state index in [1.807, 2.05) is 54.5 Å². The first-order valence-electron chi connectivity index (χ1n) is 12.1. The minimum absolute atomic E-state index is 0.0285. The topological polar surface area (TPSA) is 72.9 Å². The molecule has 1 aromatic rings. The third-order valence-electron chi connectivity index (χ3n) is 4.95. The van der Waals surface area contributed by atoms with Crippen molar-refractivity contribution in [3.8, 4) is 0 Å². The first kappa shape index (κ1) is 29.6. The standard InChI is InChI=1S/C12H14FNO2.C8H16O2.C7H12O/c1-8(2)16-12(15)14-6-9-4-3-5-11(13)10(9)7-14;1-6(2)7(9)10-8(3,4)5;1-5(2)7(8)6-3-4-6/h3-5,8H,6-7H2,1-2H3;6H,1-5H3;5-6H,3-4H2,1-2H3. The number of carbonyl (C=O) groups is 3. The molecule has 3 rings (SSSR count). The van der Waals surface area contributed by atoms with Crippen LogP contribution in [-0.2, 0) is 32.2 Å².